The first-order chi connectivity index (χ1) is 21.7. The topological polar surface area (TPSA) is 107 Å². The summed E-state index contributed by atoms with van der Waals surface area (Å²) in [5.41, 5.74) is -3.86. The number of aliphatic hydroxyl groups is 2. The van der Waals surface area contributed by atoms with Gasteiger partial charge in [0.2, 0.25) is 0 Å². The van der Waals surface area contributed by atoms with Gasteiger partial charge in [0.1, 0.15) is 30.0 Å². The Morgan fingerprint density at radius 2 is 1.67 bits per heavy atom. The van der Waals surface area contributed by atoms with Crippen molar-refractivity contribution in [2.24, 2.45) is 34.5 Å². The number of ketones is 2. The molecule has 2 aromatic rings. The zero-order chi connectivity index (χ0) is 33.2. The van der Waals surface area contributed by atoms with Crippen LogP contribution in [0.25, 0.3) is 0 Å². The van der Waals surface area contributed by atoms with Gasteiger partial charge in [-0.3, -0.25) is 9.63 Å². The van der Waals surface area contributed by atoms with Crippen molar-refractivity contribution in [1.82, 2.24) is 5.06 Å². The summed E-state index contributed by atoms with van der Waals surface area (Å²) in [6.45, 7) is 6.52. The number of carbonyl (C=O) groups excluding carboxylic acids is 2. The van der Waals surface area contributed by atoms with Crippen molar-refractivity contribution < 1.29 is 38.5 Å². The van der Waals surface area contributed by atoms with Crippen molar-refractivity contribution in [2.75, 3.05) is 13.2 Å². The maximum absolute atomic E-state index is 17.5. The molecule has 9 unspecified atom stereocenters. The third-order valence-corrected chi connectivity index (χ3v) is 13.2. The van der Waals surface area contributed by atoms with Crippen LogP contribution in [-0.2, 0) is 26.7 Å². The molecular formula is C36H45F2NO6S. The number of Topliss-reactive ketones (excluding diaryl/α,β-unsaturated/α-hetero) is 2. The van der Waals surface area contributed by atoms with Gasteiger partial charge in [0, 0.05) is 58.7 Å². The molecule has 4 aliphatic rings. The van der Waals surface area contributed by atoms with Crippen LogP contribution in [0.4, 0.5) is 8.78 Å². The molecule has 6 rings (SSSR count). The lowest BCUT2D eigenvalue weighted by Gasteiger charge is -2.64. The summed E-state index contributed by atoms with van der Waals surface area (Å²) >= 11 is 1.66. The first-order valence-electron chi connectivity index (χ1n) is 16.3. The summed E-state index contributed by atoms with van der Waals surface area (Å²) in [5, 5.41) is 33.1. The Morgan fingerprint density at radius 1 is 1.02 bits per heavy atom. The van der Waals surface area contributed by atoms with Gasteiger partial charge in [0.15, 0.2) is 11.4 Å². The quantitative estimate of drug-likeness (QED) is 0.290. The van der Waals surface area contributed by atoms with Crippen LogP contribution >= 0.6 is 11.8 Å². The molecule has 0 radical (unpaired) electrons. The molecule has 3 aliphatic carbocycles. The van der Waals surface area contributed by atoms with Crippen LogP contribution in [0, 0.1) is 34.5 Å². The largest absolute Gasteiger partial charge is 0.508 e. The first kappa shape index (κ1) is 33.5. The van der Waals surface area contributed by atoms with Crippen molar-refractivity contribution in [3.63, 3.8) is 0 Å². The van der Waals surface area contributed by atoms with Gasteiger partial charge in [-0.1, -0.05) is 45.0 Å². The van der Waals surface area contributed by atoms with Gasteiger partial charge in [-0.05, 0) is 67.5 Å². The summed E-state index contributed by atoms with van der Waals surface area (Å²) in [4.78, 5) is 33.4. The van der Waals surface area contributed by atoms with E-state index in [2.05, 4.69) is 0 Å². The minimum atomic E-state index is -2.15. The SMILES string of the molecule is CC(=O)CC1C(F)CC2C3CC4CN(Cc5ccc(CSc6ccc(O)cc6)cc5)OC4(C(=O)CO)C3(C)CC(O)C2(F)C1(C)C. The Morgan fingerprint density at radius 3 is 2.30 bits per heavy atom. The van der Waals surface area contributed by atoms with Gasteiger partial charge in [0.05, 0.1) is 6.10 Å². The van der Waals surface area contributed by atoms with Crippen LogP contribution in [-0.4, -0.2) is 68.6 Å². The number of phenolic OH excluding ortho intramolecular Hbond substituents is 1. The van der Waals surface area contributed by atoms with E-state index in [0.717, 1.165) is 21.8 Å². The average molecular weight is 658 g/mol. The molecular weight excluding hydrogens is 612 g/mol. The number of hydrogen-bond donors (Lipinski definition) is 3. The van der Waals surface area contributed by atoms with Crippen molar-refractivity contribution >= 4 is 23.3 Å². The molecule has 2 aromatic carbocycles. The summed E-state index contributed by atoms with van der Waals surface area (Å²) in [6.07, 6.45) is -2.80. The van der Waals surface area contributed by atoms with Crippen LogP contribution in [0.5, 0.6) is 5.75 Å². The summed E-state index contributed by atoms with van der Waals surface area (Å²) in [6, 6.07) is 15.2. The average Bonchev–Trinajstić information content (AvgIpc) is 3.48. The highest BCUT2D eigenvalue weighted by molar-refractivity contribution is 7.98. The van der Waals surface area contributed by atoms with Crippen molar-refractivity contribution in [2.45, 2.75) is 94.1 Å². The number of halogens is 2. The van der Waals surface area contributed by atoms with E-state index in [-0.39, 0.29) is 36.7 Å². The summed E-state index contributed by atoms with van der Waals surface area (Å²) in [7, 11) is 0. The van der Waals surface area contributed by atoms with Gasteiger partial charge >= 0.3 is 0 Å². The van der Waals surface area contributed by atoms with Gasteiger partial charge in [0.25, 0.3) is 0 Å². The van der Waals surface area contributed by atoms with E-state index in [1.165, 1.54) is 6.92 Å². The van der Waals surface area contributed by atoms with Gasteiger partial charge in [-0.2, -0.15) is 5.06 Å². The molecule has 0 bridgehead atoms. The Balaban J connectivity index is 1.22. The standard InChI is InChI=1S/C36H45F2NO6S/c1-21(41)13-29-30(37)15-28-27-14-24-18-39(17-22-5-7-23(8-6-22)20-46-26-11-9-25(42)10-12-26)45-36(24,32(44)19-40)34(27,4)16-31(43)35(28,38)33(29,2)3/h5-12,24,27-31,40,42-43H,13-20H2,1-4H3. The van der Waals surface area contributed by atoms with Gasteiger partial charge < -0.3 is 20.1 Å². The number of hydrogen-bond acceptors (Lipinski definition) is 8. The van der Waals surface area contributed by atoms with Crippen molar-refractivity contribution in [1.29, 1.82) is 0 Å². The van der Waals surface area contributed by atoms with Crippen LogP contribution in [0.2, 0.25) is 0 Å². The molecule has 46 heavy (non-hydrogen) atoms. The highest BCUT2D eigenvalue weighted by Crippen LogP contribution is 2.72. The lowest BCUT2D eigenvalue weighted by molar-refractivity contribution is -0.284. The van der Waals surface area contributed by atoms with E-state index in [4.69, 9.17) is 4.84 Å². The number of phenols is 1. The number of aliphatic hydroxyl groups excluding tert-OH is 2. The number of hydroxylamine groups is 2. The summed E-state index contributed by atoms with van der Waals surface area (Å²) in [5.74, 6) is -2.26. The second-order valence-corrected chi connectivity index (χ2v) is 15.9. The lowest BCUT2D eigenvalue weighted by Crippen LogP contribution is -2.71. The Hall–Kier alpha value is -2.37. The smallest absolute Gasteiger partial charge is 0.192 e. The van der Waals surface area contributed by atoms with E-state index in [1.54, 1.807) is 42.8 Å². The Kier molecular flexibility index (Phi) is 8.71. The minimum absolute atomic E-state index is 0.0681. The molecule has 10 heteroatoms. The molecule has 0 amide bonds. The highest BCUT2D eigenvalue weighted by atomic mass is 32.2. The second kappa shape index (κ2) is 11.9. The second-order valence-electron chi connectivity index (χ2n) is 14.9. The fourth-order valence-corrected chi connectivity index (χ4v) is 10.7. The number of benzene rings is 2. The number of fused-ring (bicyclic) bond motifs is 5. The number of rotatable bonds is 9. The first-order valence-corrected chi connectivity index (χ1v) is 17.2. The monoisotopic (exact) mass is 657 g/mol. The molecule has 3 N–H and O–H groups in total. The van der Waals surface area contributed by atoms with Crippen LogP contribution < -0.4 is 0 Å². The predicted octanol–water partition coefficient (Wildman–Crippen LogP) is 5.83. The summed E-state index contributed by atoms with van der Waals surface area (Å²) < 4.78 is 33.4. The number of nitrogens with zero attached hydrogens (tertiary/aromatic N) is 1. The Bertz CT molecular complexity index is 1470. The van der Waals surface area contributed by atoms with Crippen LogP contribution in [0.1, 0.15) is 64.5 Å². The molecule has 0 spiro atoms. The lowest BCUT2D eigenvalue weighted by atomic mass is 9.43. The molecule has 7 nitrogen and oxygen atoms in total. The maximum Gasteiger partial charge on any atom is 0.192 e. The predicted molar refractivity (Wildman–Crippen MR) is 170 cm³/mol. The molecule has 0 aromatic heterocycles. The third-order valence-electron chi connectivity index (χ3n) is 12.1. The zero-order valence-corrected chi connectivity index (χ0v) is 27.7. The molecule has 250 valence electrons. The van der Waals surface area contributed by atoms with E-state index in [1.807, 2.05) is 43.3 Å². The van der Waals surface area contributed by atoms with Gasteiger partial charge in [-0.25, -0.2) is 8.78 Å². The van der Waals surface area contributed by atoms with Crippen LogP contribution in [0.15, 0.2) is 53.4 Å². The molecule has 1 saturated heterocycles. The molecule has 1 aliphatic heterocycles. The fourth-order valence-electron chi connectivity index (χ4n) is 9.89. The minimum Gasteiger partial charge on any atom is -0.508 e. The van der Waals surface area contributed by atoms with E-state index < -0.39 is 64.5 Å². The van der Waals surface area contributed by atoms with Gasteiger partial charge in [-0.15, -0.1) is 11.8 Å². The third kappa shape index (κ3) is 5.05. The number of aromatic hydroxyl groups is 1. The zero-order valence-electron chi connectivity index (χ0n) is 26.9. The molecule has 3 saturated carbocycles. The molecule has 9 atom stereocenters. The maximum atomic E-state index is 17.5. The van der Waals surface area contributed by atoms with Crippen molar-refractivity contribution in [3.8, 4) is 5.75 Å². The molecule has 4 fully saturated rings. The van der Waals surface area contributed by atoms with E-state index in [0.29, 0.717) is 19.5 Å². The highest BCUT2D eigenvalue weighted by Gasteiger charge is 2.79. The van der Waals surface area contributed by atoms with E-state index in [9.17, 15) is 24.9 Å². The number of alkyl halides is 2. The Labute approximate surface area is 273 Å². The van der Waals surface area contributed by atoms with Crippen molar-refractivity contribution in [3.05, 3.63) is 59.7 Å². The number of carbonyl (C=O) groups is 2. The number of thioether (sulfide) groups is 1. The molecule has 1 heterocycles. The fraction of sp³-hybridized carbons (Fsp3) is 0.611. The normalized spacial score (nSPS) is 38.2. The van der Waals surface area contributed by atoms with E-state index >= 15 is 8.78 Å². The van der Waals surface area contributed by atoms with Crippen LogP contribution in [0.3, 0.4) is 0 Å².